The first-order valence-corrected chi connectivity index (χ1v) is 8.71. The van der Waals surface area contributed by atoms with Crippen LogP contribution in [0, 0.1) is 5.41 Å². The Labute approximate surface area is 144 Å². The summed E-state index contributed by atoms with van der Waals surface area (Å²) in [5.41, 5.74) is 1.28. The van der Waals surface area contributed by atoms with Gasteiger partial charge in [0.05, 0.1) is 0 Å². The monoisotopic (exact) mass is 337 g/mol. The molecule has 1 aliphatic rings. The summed E-state index contributed by atoms with van der Waals surface area (Å²) in [6.45, 7) is 12.0. The van der Waals surface area contributed by atoms with Crippen molar-refractivity contribution in [2.45, 2.75) is 27.2 Å². The summed E-state index contributed by atoms with van der Waals surface area (Å²) in [6, 6.07) is 8.03. The van der Waals surface area contributed by atoms with E-state index in [0.29, 0.717) is 6.42 Å². The van der Waals surface area contributed by atoms with Crippen LogP contribution in [0.15, 0.2) is 24.3 Å². The van der Waals surface area contributed by atoms with Crippen molar-refractivity contribution in [3.05, 3.63) is 29.3 Å². The summed E-state index contributed by atoms with van der Waals surface area (Å²) in [6.07, 6.45) is 0.581. The number of rotatable bonds is 5. The van der Waals surface area contributed by atoms with Crippen molar-refractivity contribution in [3.8, 4) is 0 Å². The molecule has 0 aromatic heterocycles. The minimum absolute atomic E-state index is 0.0499. The number of nitrogens with zero attached hydrogens (tertiary/aromatic N) is 2. The maximum absolute atomic E-state index is 11.8. The predicted octanol–water partition coefficient (Wildman–Crippen LogP) is 3.01. The largest absolute Gasteiger partial charge is 0.369 e. The van der Waals surface area contributed by atoms with Crippen LogP contribution in [0.3, 0.4) is 0 Å². The Kier molecular flexibility index (Phi) is 6.31. The Morgan fingerprint density at radius 2 is 1.74 bits per heavy atom. The van der Waals surface area contributed by atoms with E-state index in [1.165, 1.54) is 5.69 Å². The van der Waals surface area contributed by atoms with Crippen molar-refractivity contribution in [3.63, 3.8) is 0 Å². The van der Waals surface area contributed by atoms with Gasteiger partial charge in [-0.1, -0.05) is 32.4 Å². The molecule has 1 aliphatic heterocycles. The summed E-state index contributed by atoms with van der Waals surface area (Å²) in [4.78, 5) is 16.6. The molecule has 4 nitrogen and oxygen atoms in total. The van der Waals surface area contributed by atoms with Crippen LogP contribution in [-0.4, -0.2) is 50.1 Å². The van der Waals surface area contributed by atoms with Gasteiger partial charge in [0.1, 0.15) is 0 Å². The quantitative estimate of drug-likeness (QED) is 0.897. The SMILES string of the molecule is CC(C)(C)CC(=O)NCCN1CCN(c2ccc(Cl)cc2)CC1. The van der Waals surface area contributed by atoms with E-state index < -0.39 is 0 Å². The van der Waals surface area contributed by atoms with Crippen molar-refractivity contribution >= 4 is 23.2 Å². The number of anilines is 1. The highest BCUT2D eigenvalue weighted by Gasteiger charge is 2.18. The lowest BCUT2D eigenvalue weighted by molar-refractivity contribution is -0.122. The second-order valence-corrected chi connectivity index (χ2v) is 7.83. The van der Waals surface area contributed by atoms with Gasteiger partial charge in [0.2, 0.25) is 5.91 Å². The van der Waals surface area contributed by atoms with Crippen molar-refractivity contribution in [2.24, 2.45) is 5.41 Å². The van der Waals surface area contributed by atoms with E-state index in [-0.39, 0.29) is 11.3 Å². The average molecular weight is 338 g/mol. The molecular formula is C18H28ClN3O. The number of nitrogens with one attached hydrogen (secondary N) is 1. The van der Waals surface area contributed by atoms with Gasteiger partial charge < -0.3 is 10.2 Å². The molecule has 0 atom stereocenters. The van der Waals surface area contributed by atoms with Gasteiger partial charge in [-0.15, -0.1) is 0 Å². The number of halogens is 1. The summed E-state index contributed by atoms with van der Waals surface area (Å²) in [7, 11) is 0. The number of hydrogen-bond acceptors (Lipinski definition) is 3. The van der Waals surface area contributed by atoms with E-state index in [4.69, 9.17) is 11.6 Å². The van der Waals surface area contributed by atoms with Crippen molar-refractivity contribution in [1.82, 2.24) is 10.2 Å². The molecule has 1 aromatic carbocycles. The zero-order chi connectivity index (χ0) is 16.9. The number of carbonyl (C=O) groups is 1. The fourth-order valence-electron chi connectivity index (χ4n) is 2.78. The zero-order valence-corrected chi connectivity index (χ0v) is 15.2. The summed E-state index contributed by atoms with van der Waals surface area (Å²) < 4.78 is 0. The van der Waals surface area contributed by atoms with E-state index in [0.717, 1.165) is 44.3 Å². The molecule has 1 fully saturated rings. The van der Waals surface area contributed by atoms with Crippen LogP contribution in [-0.2, 0) is 4.79 Å². The second-order valence-electron chi connectivity index (χ2n) is 7.39. The molecule has 0 radical (unpaired) electrons. The van der Waals surface area contributed by atoms with Gasteiger partial charge in [0.25, 0.3) is 0 Å². The summed E-state index contributed by atoms with van der Waals surface area (Å²) >= 11 is 5.94. The Balaban J connectivity index is 1.67. The lowest BCUT2D eigenvalue weighted by Crippen LogP contribution is -2.48. The highest BCUT2D eigenvalue weighted by molar-refractivity contribution is 6.30. The highest BCUT2D eigenvalue weighted by atomic mass is 35.5. The molecule has 5 heteroatoms. The first kappa shape index (κ1) is 18.1. The predicted molar refractivity (Wildman–Crippen MR) is 97.2 cm³/mol. The Morgan fingerprint density at radius 3 is 2.30 bits per heavy atom. The molecule has 23 heavy (non-hydrogen) atoms. The maximum atomic E-state index is 11.8. The molecule has 0 aliphatic carbocycles. The molecule has 128 valence electrons. The molecule has 0 bridgehead atoms. The topological polar surface area (TPSA) is 35.6 Å². The molecule has 0 spiro atoms. The minimum atomic E-state index is 0.0499. The van der Waals surface area contributed by atoms with Crippen molar-refractivity contribution < 1.29 is 4.79 Å². The van der Waals surface area contributed by atoms with Crippen LogP contribution < -0.4 is 10.2 Å². The summed E-state index contributed by atoms with van der Waals surface area (Å²) in [5, 5.41) is 3.80. The molecule has 2 rings (SSSR count). The maximum Gasteiger partial charge on any atom is 0.220 e. The fourth-order valence-corrected chi connectivity index (χ4v) is 2.91. The van der Waals surface area contributed by atoms with Gasteiger partial charge in [-0.3, -0.25) is 9.69 Å². The van der Waals surface area contributed by atoms with Crippen molar-refractivity contribution in [2.75, 3.05) is 44.2 Å². The molecule has 0 unspecified atom stereocenters. The van der Waals surface area contributed by atoms with Crippen LogP contribution in [0.25, 0.3) is 0 Å². The van der Waals surface area contributed by atoms with Crippen LogP contribution >= 0.6 is 11.6 Å². The third-order valence-corrected chi connectivity index (χ3v) is 4.26. The Morgan fingerprint density at radius 1 is 1.13 bits per heavy atom. The number of hydrogen-bond donors (Lipinski definition) is 1. The van der Waals surface area contributed by atoms with Crippen LogP contribution in [0.4, 0.5) is 5.69 Å². The molecule has 0 saturated carbocycles. The Hall–Kier alpha value is -1.26. The van der Waals surface area contributed by atoms with Crippen molar-refractivity contribution in [1.29, 1.82) is 0 Å². The lowest BCUT2D eigenvalue weighted by atomic mass is 9.92. The smallest absolute Gasteiger partial charge is 0.220 e. The van der Waals surface area contributed by atoms with Crippen LogP contribution in [0.2, 0.25) is 5.02 Å². The summed E-state index contributed by atoms with van der Waals surface area (Å²) in [5.74, 6) is 0.150. The van der Waals surface area contributed by atoms with E-state index in [1.807, 2.05) is 12.1 Å². The highest BCUT2D eigenvalue weighted by Crippen LogP contribution is 2.19. The van der Waals surface area contributed by atoms with Gasteiger partial charge >= 0.3 is 0 Å². The standard InChI is InChI=1S/C18H28ClN3O/c1-18(2,3)14-17(23)20-8-9-21-10-12-22(13-11-21)16-6-4-15(19)5-7-16/h4-7H,8-14H2,1-3H3,(H,20,23). The first-order valence-electron chi connectivity index (χ1n) is 8.33. The van der Waals surface area contributed by atoms with Gasteiger partial charge in [0, 0.05) is 56.4 Å². The molecule has 1 N–H and O–H groups in total. The van der Waals surface area contributed by atoms with Gasteiger partial charge in [0.15, 0.2) is 0 Å². The Bertz CT molecular complexity index is 502. The van der Waals surface area contributed by atoms with Crippen LogP contribution in [0.5, 0.6) is 0 Å². The fraction of sp³-hybridized carbons (Fsp3) is 0.611. The molecule has 1 heterocycles. The number of carbonyl (C=O) groups excluding carboxylic acids is 1. The normalized spacial score (nSPS) is 16.4. The van der Waals surface area contributed by atoms with E-state index in [2.05, 4.69) is 48.0 Å². The number of amides is 1. The van der Waals surface area contributed by atoms with Gasteiger partial charge in [-0.05, 0) is 29.7 Å². The third-order valence-electron chi connectivity index (χ3n) is 4.01. The van der Waals surface area contributed by atoms with Gasteiger partial charge in [-0.2, -0.15) is 0 Å². The third kappa shape index (κ3) is 6.40. The molecular weight excluding hydrogens is 310 g/mol. The van der Waals surface area contributed by atoms with E-state index in [9.17, 15) is 4.79 Å². The molecule has 1 saturated heterocycles. The molecule has 1 amide bonds. The first-order chi connectivity index (χ1) is 10.8. The number of benzene rings is 1. The van der Waals surface area contributed by atoms with Crippen LogP contribution in [0.1, 0.15) is 27.2 Å². The van der Waals surface area contributed by atoms with E-state index >= 15 is 0 Å². The minimum Gasteiger partial charge on any atom is -0.369 e. The van der Waals surface area contributed by atoms with E-state index in [1.54, 1.807) is 0 Å². The lowest BCUT2D eigenvalue weighted by Gasteiger charge is -2.36. The zero-order valence-electron chi connectivity index (χ0n) is 14.4. The average Bonchev–Trinajstić information content (AvgIpc) is 2.47. The molecule has 1 aromatic rings. The second kappa shape index (κ2) is 8.02. The van der Waals surface area contributed by atoms with Gasteiger partial charge in [-0.25, -0.2) is 0 Å². The number of piperazine rings is 1.